The predicted octanol–water partition coefficient (Wildman–Crippen LogP) is 4.27. The highest BCUT2D eigenvalue weighted by Crippen LogP contribution is 2.29. The summed E-state index contributed by atoms with van der Waals surface area (Å²) in [5, 5.41) is 4.95. The van der Waals surface area contributed by atoms with Gasteiger partial charge in [-0.15, -0.1) is 0 Å². The minimum Gasteiger partial charge on any atom is -0.313 e. The maximum atomic E-state index is 6.07. The van der Waals surface area contributed by atoms with E-state index in [0.717, 1.165) is 13.0 Å². The third kappa shape index (κ3) is 3.80. The Morgan fingerprint density at radius 1 is 1.28 bits per heavy atom. The van der Waals surface area contributed by atoms with Gasteiger partial charge in [0, 0.05) is 11.8 Å². The van der Waals surface area contributed by atoms with Crippen LogP contribution < -0.4 is 5.32 Å². The molecular formula is C14H19Cl2NS. The van der Waals surface area contributed by atoms with Crippen LogP contribution in [-0.2, 0) is 6.42 Å². The van der Waals surface area contributed by atoms with Gasteiger partial charge in [0.2, 0.25) is 0 Å². The van der Waals surface area contributed by atoms with Crippen molar-refractivity contribution in [3.8, 4) is 0 Å². The lowest BCUT2D eigenvalue weighted by atomic mass is 9.95. The van der Waals surface area contributed by atoms with Crippen molar-refractivity contribution in [1.29, 1.82) is 0 Å². The Bertz CT molecular complexity index is 397. The van der Waals surface area contributed by atoms with E-state index >= 15 is 0 Å². The average molecular weight is 304 g/mol. The van der Waals surface area contributed by atoms with Crippen molar-refractivity contribution in [3.63, 3.8) is 0 Å². The lowest BCUT2D eigenvalue weighted by molar-refractivity contribution is 0.425. The quantitative estimate of drug-likeness (QED) is 0.872. The fraction of sp³-hybridized carbons (Fsp3) is 0.571. The summed E-state index contributed by atoms with van der Waals surface area (Å²) in [6.07, 6.45) is 2.28. The number of hydrogen-bond donors (Lipinski definition) is 1. The number of nitrogens with one attached hydrogen (secondary N) is 1. The second kappa shape index (κ2) is 7.04. The number of benzene rings is 1. The van der Waals surface area contributed by atoms with Crippen LogP contribution in [0.5, 0.6) is 0 Å². The molecule has 18 heavy (non-hydrogen) atoms. The molecule has 0 amide bonds. The molecule has 0 spiro atoms. The summed E-state index contributed by atoms with van der Waals surface area (Å²) < 4.78 is 0. The van der Waals surface area contributed by atoms with Crippen molar-refractivity contribution in [2.45, 2.75) is 25.8 Å². The summed E-state index contributed by atoms with van der Waals surface area (Å²) in [4.78, 5) is 0. The highest BCUT2D eigenvalue weighted by molar-refractivity contribution is 7.99. The molecule has 1 saturated heterocycles. The average Bonchev–Trinajstić information content (AvgIpc) is 2.79. The molecular weight excluding hydrogens is 285 g/mol. The minimum atomic E-state index is 0.641. The molecule has 100 valence electrons. The fourth-order valence-electron chi connectivity index (χ4n) is 2.32. The van der Waals surface area contributed by atoms with Gasteiger partial charge in [-0.3, -0.25) is 0 Å². The van der Waals surface area contributed by atoms with Gasteiger partial charge in [-0.1, -0.05) is 36.2 Å². The predicted molar refractivity (Wildman–Crippen MR) is 83.1 cm³/mol. The molecule has 0 saturated carbocycles. The van der Waals surface area contributed by atoms with Gasteiger partial charge in [-0.25, -0.2) is 0 Å². The van der Waals surface area contributed by atoms with Gasteiger partial charge in [-0.05, 0) is 48.8 Å². The van der Waals surface area contributed by atoms with E-state index in [1.165, 1.54) is 23.5 Å². The smallest absolute Gasteiger partial charge is 0.0595 e. The molecule has 1 aromatic rings. The van der Waals surface area contributed by atoms with Crippen LogP contribution in [0.2, 0.25) is 10.0 Å². The van der Waals surface area contributed by atoms with Gasteiger partial charge >= 0.3 is 0 Å². The second-order valence-electron chi connectivity index (χ2n) is 4.81. The highest BCUT2D eigenvalue weighted by atomic mass is 35.5. The lowest BCUT2D eigenvalue weighted by Gasteiger charge is -2.20. The number of hydrogen-bond acceptors (Lipinski definition) is 2. The highest BCUT2D eigenvalue weighted by Gasteiger charge is 2.27. The monoisotopic (exact) mass is 303 g/mol. The summed E-state index contributed by atoms with van der Waals surface area (Å²) in [6.45, 7) is 3.33. The molecule has 0 radical (unpaired) electrons. The molecule has 0 bridgehead atoms. The molecule has 1 N–H and O–H groups in total. The minimum absolute atomic E-state index is 0.641. The van der Waals surface area contributed by atoms with Crippen molar-refractivity contribution in [2.24, 2.45) is 5.92 Å². The first-order valence-corrected chi connectivity index (χ1v) is 8.36. The molecule has 1 aliphatic heterocycles. The lowest BCUT2D eigenvalue weighted by Crippen LogP contribution is -2.36. The number of thioether (sulfide) groups is 1. The van der Waals surface area contributed by atoms with Crippen LogP contribution in [0.4, 0.5) is 0 Å². The topological polar surface area (TPSA) is 12.0 Å². The fourth-order valence-corrected chi connectivity index (χ4v) is 4.08. The van der Waals surface area contributed by atoms with Gasteiger partial charge < -0.3 is 5.32 Å². The van der Waals surface area contributed by atoms with E-state index in [1.54, 1.807) is 0 Å². The zero-order valence-corrected chi connectivity index (χ0v) is 12.9. The summed E-state index contributed by atoms with van der Waals surface area (Å²) in [7, 11) is 0. The third-order valence-electron chi connectivity index (χ3n) is 3.34. The Hall–Kier alpha value is 0.110. The van der Waals surface area contributed by atoms with Gasteiger partial charge in [0.05, 0.1) is 10.0 Å². The molecule has 2 rings (SSSR count). The van der Waals surface area contributed by atoms with E-state index in [1.807, 2.05) is 23.9 Å². The van der Waals surface area contributed by atoms with Crippen molar-refractivity contribution < 1.29 is 0 Å². The van der Waals surface area contributed by atoms with E-state index in [-0.39, 0.29) is 0 Å². The first kappa shape index (κ1) is 14.5. The van der Waals surface area contributed by atoms with Crippen LogP contribution in [0.25, 0.3) is 0 Å². The van der Waals surface area contributed by atoms with Crippen LogP contribution in [0.15, 0.2) is 18.2 Å². The second-order valence-corrected chi connectivity index (χ2v) is 6.70. The molecule has 1 aliphatic rings. The van der Waals surface area contributed by atoms with Crippen LogP contribution in [0, 0.1) is 5.92 Å². The van der Waals surface area contributed by atoms with Crippen molar-refractivity contribution in [2.75, 3.05) is 18.1 Å². The van der Waals surface area contributed by atoms with E-state index in [0.29, 0.717) is 22.0 Å². The van der Waals surface area contributed by atoms with Gasteiger partial charge in [-0.2, -0.15) is 11.8 Å². The molecule has 1 aromatic carbocycles. The van der Waals surface area contributed by atoms with Crippen LogP contribution in [0.3, 0.4) is 0 Å². The largest absolute Gasteiger partial charge is 0.313 e. The van der Waals surface area contributed by atoms with Crippen molar-refractivity contribution >= 4 is 35.0 Å². The molecule has 2 unspecified atom stereocenters. The summed E-state index contributed by atoms with van der Waals surface area (Å²) in [5.74, 6) is 3.17. The zero-order valence-electron chi connectivity index (χ0n) is 10.6. The van der Waals surface area contributed by atoms with Crippen LogP contribution >= 0.6 is 35.0 Å². The van der Waals surface area contributed by atoms with Gasteiger partial charge in [0.1, 0.15) is 0 Å². The molecule has 1 fully saturated rings. The molecule has 1 nitrogen and oxygen atoms in total. The van der Waals surface area contributed by atoms with E-state index in [9.17, 15) is 0 Å². The molecule has 1 heterocycles. The Balaban J connectivity index is 1.96. The standard InChI is InChI=1S/C14H19Cl2NS/c1-2-5-17-14-9-18-8-11(14)6-10-3-4-12(15)13(16)7-10/h3-4,7,11,14,17H,2,5-6,8-9H2,1H3. The number of halogens is 2. The van der Waals surface area contributed by atoms with E-state index in [2.05, 4.69) is 18.3 Å². The SMILES string of the molecule is CCCNC1CSCC1Cc1ccc(Cl)c(Cl)c1. The van der Waals surface area contributed by atoms with E-state index in [4.69, 9.17) is 23.2 Å². The molecule has 2 atom stereocenters. The Kier molecular flexibility index (Phi) is 5.68. The normalized spacial score (nSPS) is 23.5. The van der Waals surface area contributed by atoms with Crippen LogP contribution in [-0.4, -0.2) is 24.1 Å². The van der Waals surface area contributed by atoms with Gasteiger partial charge in [0.25, 0.3) is 0 Å². The van der Waals surface area contributed by atoms with E-state index < -0.39 is 0 Å². The van der Waals surface area contributed by atoms with Crippen molar-refractivity contribution in [3.05, 3.63) is 33.8 Å². The third-order valence-corrected chi connectivity index (χ3v) is 5.33. The zero-order chi connectivity index (χ0) is 13.0. The maximum absolute atomic E-state index is 6.07. The first-order chi connectivity index (χ1) is 8.70. The summed E-state index contributed by atoms with van der Waals surface area (Å²) in [6, 6.07) is 6.64. The molecule has 4 heteroatoms. The Morgan fingerprint density at radius 3 is 2.83 bits per heavy atom. The van der Waals surface area contributed by atoms with Gasteiger partial charge in [0.15, 0.2) is 0 Å². The molecule has 0 aliphatic carbocycles. The summed E-state index contributed by atoms with van der Waals surface area (Å²) >= 11 is 14.1. The van der Waals surface area contributed by atoms with Crippen LogP contribution in [0.1, 0.15) is 18.9 Å². The maximum Gasteiger partial charge on any atom is 0.0595 e. The molecule has 0 aromatic heterocycles. The first-order valence-electron chi connectivity index (χ1n) is 6.45. The Labute approximate surface area is 124 Å². The number of rotatable bonds is 5. The van der Waals surface area contributed by atoms with Crippen molar-refractivity contribution in [1.82, 2.24) is 5.32 Å². The Morgan fingerprint density at radius 2 is 2.11 bits per heavy atom. The summed E-state index contributed by atoms with van der Waals surface area (Å²) in [5.41, 5.74) is 1.29.